The van der Waals surface area contributed by atoms with Gasteiger partial charge in [-0.25, -0.2) is 0 Å². The molecule has 2 nitrogen and oxygen atoms in total. The van der Waals surface area contributed by atoms with Crippen molar-refractivity contribution in [3.8, 4) is 22.4 Å². The van der Waals surface area contributed by atoms with E-state index >= 15 is 0 Å². The second-order valence-electron chi connectivity index (χ2n) is 5.09. The Balaban J connectivity index is 2.19. The average molecular weight is 453 g/mol. The standard InChI is InChI=1S/C17H8Cl6N2/c18-8-1-3-10(20)16(22)14(8)7-6-25-13(5-12(7)24)15-9(19)2-4-11(21)17(15)23/h1-6H,(H2,24,25). The molecule has 0 aliphatic carbocycles. The highest BCUT2D eigenvalue weighted by Crippen LogP contribution is 2.43. The Kier molecular flexibility index (Phi) is 5.60. The van der Waals surface area contributed by atoms with Crippen molar-refractivity contribution in [2.75, 3.05) is 5.73 Å². The van der Waals surface area contributed by atoms with E-state index in [1.165, 1.54) is 0 Å². The van der Waals surface area contributed by atoms with Gasteiger partial charge in [-0.15, -0.1) is 0 Å². The van der Waals surface area contributed by atoms with Gasteiger partial charge in [-0.1, -0.05) is 69.6 Å². The third kappa shape index (κ3) is 3.52. The summed E-state index contributed by atoms with van der Waals surface area (Å²) >= 11 is 37.1. The fourth-order valence-electron chi connectivity index (χ4n) is 2.35. The highest BCUT2D eigenvalue weighted by molar-refractivity contribution is 6.47. The number of pyridine rings is 1. The Hall–Kier alpha value is -0.870. The minimum atomic E-state index is 0.299. The van der Waals surface area contributed by atoms with Gasteiger partial charge in [0.15, 0.2) is 0 Å². The van der Waals surface area contributed by atoms with Gasteiger partial charge in [0.2, 0.25) is 0 Å². The van der Waals surface area contributed by atoms with Crippen molar-refractivity contribution in [2.45, 2.75) is 0 Å². The first-order valence-electron chi connectivity index (χ1n) is 6.84. The second-order valence-corrected chi connectivity index (χ2v) is 7.48. The minimum absolute atomic E-state index is 0.299. The lowest BCUT2D eigenvalue weighted by atomic mass is 10.0. The molecule has 0 unspecified atom stereocenters. The lowest BCUT2D eigenvalue weighted by Gasteiger charge is -2.13. The van der Waals surface area contributed by atoms with E-state index in [2.05, 4.69) is 4.98 Å². The predicted molar refractivity (Wildman–Crippen MR) is 110 cm³/mol. The van der Waals surface area contributed by atoms with Crippen molar-refractivity contribution >= 4 is 75.3 Å². The van der Waals surface area contributed by atoms with Crippen molar-refractivity contribution in [2.24, 2.45) is 0 Å². The second kappa shape index (κ2) is 7.40. The van der Waals surface area contributed by atoms with Crippen LogP contribution in [-0.4, -0.2) is 4.98 Å². The van der Waals surface area contributed by atoms with Gasteiger partial charge < -0.3 is 5.73 Å². The van der Waals surface area contributed by atoms with Gasteiger partial charge in [0, 0.05) is 28.6 Å². The Bertz CT molecular complexity index is 987. The molecule has 2 N–H and O–H groups in total. The van der Waals surface area contributed by atoms with Gasteiger partial charge in [0.25, 0.3) is 0 Å². The van der Waals surface area contributed by atoms with Gasteiger partial charge in [-0.2, -0.15) is 0 Å². The maximum atomic E-state index is 6.27. The molecule has 0 aliphatic rings. The Morgan fingerprint density at radius 2 is 1.16 bits per heavy atom. The summed E-state index contributed by atoms with van der Waals surface area (Å²) in [6.45, 7) is 0. The van der Waals surface area contributed by atoms with Gasteiger partial charge in [-0.05, 0) is 30.3 Å². The largest absolute Gasteiger partial charge is 0.398 e. The van der Waals surface area contributed by atoms with Crippen LogP contribution in [0.1, 0.15) is 0 Å². The zero-order valence-corrected chi connectivity index (χ0v) is 16.8. The number of aromatic nitrogens is 1. The van der Waals surface area contributed by atoms with E-state index in [9.17, 15) is 0 Å². The normalized spacial score (nSPS) is 11.0. The quantitative estimate of drug-likeness (QED) is 0.401. The van der Waals surface area contributed by atoms with Crippen LogP contribution in [0.4, 0.5) is 5.69 Å². The van der Waals surface area contributed by atoms with E-state index in [0.717, 1.165) is 0 Å². The number of nitrogens with zero attached hydrogens (tertiary/aromatic N) is 1. The van der Waals surface area contributed by atoms with Crippen LogP contribution < -0.4 is 5.73 Å². The first-order valence-corrected chi connectivity index (χ1v) is 9.11. The number of benzene rings is 2. The molecule has 0 saturated carbocycles. The third-order valence-corrected chi connectivity index (χ3v) is 5.79. The fourth-order valence-corrected chi connectivity index (χ4v) is 3.81. The number of hydrogen-bond acceptors (Lipinski definition) is 2. The van der Waals surface area contributed by atoms with Crippen molar-refractivity contribution in [3.05, 3.63) is 66.7 Å². The lowest BCUT2D eigenvalue weighted by molar-refractivity contribution is 1.33. The number of rotatable bonds is 2. The molecule has 0 atom stereocenters. The zero-order valence-electron chi connectivity index (χ0n) is 12.3. The Morgan fingerprint density at radius 3 is 1.72 bits per heavy atom. The molecule has 1 aromatic heterocycles. The number of halogens is 6. The molecule has 0 radical (unpaired) electrons. The predicted octanol–water partition coefficient (Wildman–Crippen LogP) is 7.92. The molecule has 0 aliphatic heterocycles. The highest BCUT2D eigenvalue weighted by Gasteiger charge is 2.18. The molecule has 128 valence electrons. The van der Waals surface area contributed by atoms with E-state index in [1.807, 2.05) is 0 Å². The smallest absolute Gasteiger partial charge is 0.0753 e. The molecular formula is C17H8Cl6N2. The van der Waals surface area contributed by atoms with E-state index < -0.39 is 0 Å². The van der Waals surface area contributed by atoms with E-state index in [1.54, 1.807) is 36.5 Å². The SMILES string of the molecule is Nc1cc(-c2c(Cl)ccc(Cl)c2Cl)ncc1-c1c(Cl)ccc(Cl)c1Cl. The molecule has 2 aromatic carbocycles. The molecule has 1 heterocycles. The molecule has 3 aromatic rings. The van der Waals surface area contributed by atoms with Gasteiger partial charge in [-0.3, -0.25) is 4.98 Å². The Labute approximate surface area is 174 Å². The molecule has 0 spiro atoms. The van der Waals surface area contributed by atoms with Crippen molar-refractivity contribution < 1.29 is 0 Å². The van der Waals surface area contributed by atoms with E-state index in [-0.39, 0.29) is 0 Å². The molecule has 3 rings (SSSR count). The monoisotopic (exact) mass is 450 g/mol. The van der Waals surface area contributed by atoms with Crippen LogP contribution in [0.25, 0.3) is 22.4 Å². The molecule has 0 amide bonds. The summed E-state index contributed by atoms with van der Waals surface area (Å²) < 4.78 is 0. The van der Waals surface area contributed by atoms with E-state index in [4.69, 9.17) is 75.3 Å². The number of nitrogen functional groups attached to an aromatic ring is 1. The highest BCUT2D eigenvalue weighted by atomic mass is 35.5. The van der Waals surface area contributed by atoms with Crippen LogP contribution in [0, 0.1) is 0 Å². The van der Waals surface area contributed by atoms with Crippen molar-refractivity contribution in [1.29, 1.82) is 0 Å². The summed E-state index contributed by atoms with van der Waals surface area (Å²) in [5.74, 6) is 0. The number of nitrogens with two attached hydrogens (primary N) is 1. The topological polar surface area (TPSA) is 38.9 Å². The van der Waals surface area contributed by atoms with Crippen LogP contribution in [0.15, 0.2) is 36.5 Å². The first kappa shape index (κ1) is 18.9. The number of hydrogen-bond donors (Lipinski definition) is 1. The lowest BCUT2D eigenvalue weighted by Crippen LogP contribution is -1.96. The average Bonchev–Trinajstić information content (AvgIpc) is 2.57. The molecule has 25 heavy (non-hydrogen) atoms. The van der Waals surface area contributed by atoms with Crippen molar-refractivity contribution in [1.82, 2.24) is 4.98 Å². The number of anilines is 1. The van der Waals surface area contributed by atoms with Gasteiger partial charge in [0.05, 0.1) is 35.8 Å². The van der Waals surface area contributed by atoms with Crippen LogP contribution in [-0.2, 0) is 0 Å². The molecule has 0 fully saturated rings. The minimum Gasteiger partial charge on any atom is -0.398 e. The fraction of sp³-hybridized carbons (Fsp3) is 0. The Morgan fingerprint density at radius 1 is 0.680 bits per heavy atom. The first-order chi connectivity index (χ1) is 11.8. The van der Waals surface area contributed by atoms with E-state index in [0.29, 0.717) is 58.2 Å². The molecule has 0 bridgehead atoms. The maximum absolute atomic E-state index is 6.27. The molecule has 0 saturated heterocycles. The summed E-state index contributed by atoms with van der Waals surface area (Å²) in [5, 5.41) is 2.15. The van der Waals surface area contributed by atoms with Crippen LogP contribution >= 0.6 is 69.6 Å². The zero-order chi connectivity index (χ0) is 18.3. The van der Waals surface area contributed by atoms with Crippen LogP contribution in [0.3, 0.4) is 0 Å². The van der Waals surface area contributed by atoms with Crippen molar-refractivity contribution in [3.63, 3.8) is 0 Å². The van der Waals surface area contributed by atoms with Gasteiger partial charge in [0.1, 0.15) is 0 Å². The summed E-state index contributed by atoms with van der Waals surface area (Å²) in [6.07, 6.45) is 1.54. The maximum Gasteiger partial charge on any atom is 0.0753 e. The van der Waals surface area contributed by atoms with Crippen LogP contribution in [0.5, 0.6) is 0 Å². The molecular weight excluding hydrogens is 445 g/mol. The third-order valence-electron chi connectivity index (χ3n) is 3.55. The van der Waals surface area contributed by atoms with Gasteiger partial charge >= 0.3 is 0 Å². The summed E-state index contributed by atoms with van der Waals surface area (Å²) in [7, 11) is 0. The molecule has 8 heteroatoms. The summed E-state index contributed by atoms with van der Waals surface area (Å²) in [5.41, 5.74) is 8.63. The van der Waals surface area contributed by atoms with Crippen LogP contribution in [0.2, 0.25) is 30.1 Å². The summed E-state index contributed by atoms with van der Waals surface area (Å²) in [4.78, 5) is 4.39. The summed E-state index contributed by atoms with van der Waals surface area (Å²) in [6, 6.07) is 8.13.